The first-order valence-electron chi connectivity index (χ1n) is 9.69. The molecule has 2 saturated heterocycles. The van der Waals surface area contributed by atoms with Crippen molar-refractivity contribution in [2.75, 3.05) is 31.1 Å². The number of rotatable bonds is 3. The van der Waals surface area contributed by atoms with Gasteiger partial charge in [0.05, 0.1) is 10.6 Å². The lowest BCUT2D eigenvalue weighted by molar-refractivity contribution is 0.133. The summed E-state index contributed by atoms with van der Waals surface area (Å²) in [5.41, 5.74) is 3.20. The molecule has 1 unspecified atom stereocenters. The highest BCUT2D eigenvalue weighted by atomic mass is 32.1. The van der Waals surface area contributed by atoms with Crippen LogP contribution in [-0.4, -0.2) is 52.1 Å². The third-order valence-corrected chi connectivity index (χ3v) is 6.52. The molecule has 0 bridgehead atoms. The van der Waals surface area contributed by atoms with Crippen molar-refractivity contribution in [1.82, 2.24) is 19.9 Å². The third kappa shape index (κ3) is 3.35. The Kier molecular flexibility index (Phi) is 4.59. The van der Waals surface area contributed by atoms with E-state index in [4.69, 9.17) is 9.97 Å². The lowest BCUT2D eigenvalue weighted by Gasteiger charge is -2.44. The second-order valence-corrected chi connectivity index (χ2v) is 8.22. The van der Waals surface area contributed by atoms with Crippen LogP contribution in [0, 0.1) is 0 Å². The van der Waals surface area contributed by atoms with Crippen molar-refractivity contribution < 1.29 is 0 Å². The summed E-state index contributed by atoms with van der Waals surface area (Å²) >= 11 is 1.73. The van der Waals surface area contributed by atoms with Crippen LogP contribution in [0.2, 0.25) is 0 Å². The Morgan fingerprint density at radius 1 is 1.04 bits per heavy atom. The molecule has 0 spiro atoms. The van der Waals surface area contributed by atoms with Crippen LogP contribution in [-0.2, 0) is 0 Å². The molecule has 0 aliphatic carbocycles. The Morgan fingerprint density at radius 2 is 1.96 bits per heavy atom. The van der Waals surface area contributed by atoms with Gasteiger partial charge in [0, 0.05) is 49.8 Å². The molecule has 6 heteroatoms. The Labute approximate surface area is 163 Å². The Hall–Kier alpha value is -2.31. The van der Waals surface area contributed by atoms with Gasteiger partial charge in [-0.3, -0.25) is 9.88 Å². The molecule has 3 aromatic rings. The minimum absolute atomic E-state index is 0.654. The van der Waals surface area contributed by atoms with E-state index in [-0.39, 0.29) is 0 Å². The monoisotopic (exact) mass is 377 g/mol. The van der Waals surface area contributed by atoms with Crippen molar-refractivity contribution in [2.45, 2.75) is 25.3 Å². The lowest BCUT2D eigenvalue weighted by atomic mass is 10.00. The van der Waals surface area contributed by atoms with Crippen molar-refractivity contribution in [2.24, 2.45) is 0 Å². The molecule has 1 atom stereocenters. The number of anilines is 1. The summed E-state index contributed by atoms with van der Waals surface area (Å²) in [4.78, 5) is 20.1. The zero-order valence-electron chi connectivity index (χ0n) is 15.3. The van der Waals surface area contributed by atoms with Crippen LogP contribution in [0.1, 0.15) is 19.3 Å². The number of hydrogen-bond donors (Lipinski definition) is 0. The molecule has 0 N–H and O–H groups in total. The van der Waals surface area contributed by atoms with E-state index in [1.807, 2.05) is 30.7 Å². The van der Waals surface area contributed by atoms with Gasteiger partial charge in [0.2, 0.25) is 5.95 Å². The number of pyridine rings is 1. The summed E-state index contributed by atoms with van der Waals surface area (Å²) < 4.78 is 0. The van der Waals surface area contributed by atoms with E-state index < -0.39 is 0 Å². The number of thiophene rings is 1. The van der Waals surface area contributed by atoms with Crippen LogP contribution < -0.4 is 4.90 Å². The highest BCUT2D eigenvalue weighted by Gasteiger charge is 2.30. The van der Waals surface area contributed by atoms with E-state index in [1.165, 1.54) is 30.7 Å². The Morgan fingerprint density at radius 3 is 2.81 bits per heavy atom. The first kappa shape index (κ1) is 16.8. The highest BCUT2D eigenvalue weighted by molar-refractivity contribution is 7.13. The van der Waals surface area contributed by atoms with Crippen molar-refractivity contribution in [1.29, 1.82) is 0 Å². The fourth-order valence-corrected chi connectivity index (χ4v) is 4.93. The van der Waals surface area contributed by atoms with Crippen molar-refractivity contribution in [3.8, 4) is 21.7 Å². The van der Waals surface area contributed by atoms with Crippen molar-refractivity contribution in [3.05, 3.63) is 48.2 Å². The Bertz CT molecular complexity index is 896. The van der Waals surface area contributed by atoms with Gasteiger partial charge in [-0.05, 0) is 48.5 Å². The van der Waals surface area contributed by atoms with Crippen LogP contribution in [0.15, 0.2) is 48.2 Å². The number of fused-ring (bicyclic) bond motifs is 1. The van der Waals surface area contributed by atoms with E-state index >= 15 is 0 Å². The van der Waals surface area contributed by atoms with Crippen LogP contribution in [0.3, 0.4) is 0 Å². The zero-order chi connectivity index (χ0) is 18.1. The number of aromatic nitrogens is 3. The quantitative estimate of drug-likeness (QED) is 0.692. The van der Waals surface area contributed by atoms with Gasteiger partial charge in [0.15, 0.2) is 0 Å². The van der Waals surface area contributed by atoms with E-state index in [1.54, 1.807) is 11.3 Å². The highest BCUT2D eigenvalue weighted by Crippen LogP contribution is 2.34. The Balaban J connectivity index is 1.50. The molecule has 138 valence electrons. The number of nitrogens with zero attached hydrogens (tertiary/aromatic N) is 5. The molecule has 0 radical (unpaired) electrons. The first-order chi connectivity index (χ1) is 13.4. The topological polar surface area (TPSA) is 45.2 Å². The second kappa shape index (κ2) is 7.37. The summed E-state index contributed by atoms with van der Waals surface area (Å²) in [6.45, 7) is 4.42. The van der Waals surface area contributed by atoms with Crippen LogP contribution in [0.4, 0.5) is 5.95 Å². The molecule has 5 nitrogen and oxygen atoms in total. The summed E-state index contributed by atoms with van der Waals surface area (Å²) in [5, 5.41) is 2.11. The molecule has 0 saturated carbocycles. The summed E-state index contributed by atoms with van der Waals surface area (Å²) in [5.74, 6) is 0.862. The molecule has 2 aliphatic heterocycles. The van der Waals surface area contributed by atoms with E-state index in [9.17, 15) is 0 Å². The maximum absolute atomic E-state index is 5.04. The molecule has 2 aliphatic rings. The number of piperazine rings is 1. The number of hydrogen-bond acceptors (Lipinski definition) is 6. The van der Waals surface area contributed by atoms with Crippen LogP contribution in [0.25, 0.3) is 21.7 Å². The van der Waals surface area contributed by atoms with Crippen LogP contribution >= 0.6 is 11.3 Å². The van der Waals surface area contributed by atoms with Crippen molar-refractivity contribution >= 4 is 17.3 Å². The molecule has 3 aromatic heterocycles. The van der Waals surface area contributed by atoms with Crippen molar-refractivity contribution in [3.63, 3.8) is 0 Å². The fourth-order valence-electron chi connectivity index (χ4n) is 4.21. The summed E-state index contributed by atoms with van der Waals surface area (Å²) in [6.07, 6.45) is 9.62. The molecular formula is C21H23N5S. The smallest absolute Gasteiger partial charge is 0.226 e. The fraction of sp³-hybridized carbons (Fsp3) is 0.381. The SMILES string of the molecule is c1csc(-c2nc(N3CCN4CCCCC4C3)ncc2-c2ccncc2)c1. The molecule has 0 aromatic carbocycles. The summed E-state index contributed by atoms with van der Waals surface area (Å²) in [6, 6.07) is 8.92. The van der Waals surface area contributed by atoms with Gasteiger partial charge in [-0.15, -0.1) is 11.3 Å². The zero-order valence-corrected chi connectivity index (χ0v) is 16.1. The summed E-state index contributed by atoms with van der Waals surface area (Å²) in [7, 11) is 0. The first-order valence-corrected chi connectivity index (χ1v) is 10.6. The van der Waals surface area contributed by atoms with E-state index in [0.717, 1.165) is 42.4 Å². The standard InChI is InChI=1S/C21H23N5S/c1-2-10-25-11-12-26(15-17(25)4-1)21-23-14-18(16-6-8-22-9-7-16)20(24-21)19-5-3-13-27-19/h3,5-9,13-14,17H,1-2,4,10-12,15H2. The molecule has 0 amide bonds. The normalized spacial score (nSPS) is 20.4. The molecular weight excluding hydrogens is 354 g/mol. The third-order valence-electron chi connectivity index (χ3n) is 5.64. The van der Waals surface area contributed by atoms with Gasteiger partial charge in [-0.2, -0.15) is 0 Å². The predicted molar refractivity (Wildman–Crippen MR) is 110 cm³/mol. The van der Waals surface area contributed by atoms with Gasteiger partial charge in [0.25, 0.3) is 0 Å². The van der Waals surface area contributed by atoms with Gasteiger partial charge in [-0.1, -0.05) is 12.5 Å². The maximum atomic E-state index is 5.04. The van der Waals surface area contributed by atoms with Gasteiger partial charge >= 0.3 is 0 Å². The second-order valence-electron chi connectivity index (χ2n) is 7.28. The lowest BCUT2D eigenvalue weighted by Crippen LogP contribution is -2.55. The maximum Gasteiger partial charge on any atom is 0.226 e. The average molecular weight is 378 g/mol. The minimum Gasteiger partial charge on any atom is -0.338 e. The molecule has 5 heterocycles. The molecule has 2 fully saturated rings. The number of piperidine rings is 1. The van der Waals surface area contributed by atoms with Gasteiger partial charge in [-0.25, -0.2) is 9.97 Å². The van der Waals surface area contributed by atoms with Gasteiger partial charge < -0.3 is 4.90 Å². The van der Waals surface area contributed by atoms with E-state index in [2.05, 4.69) is 32.3 Å². The molecule has 27 heavy (non-hydrogen) atoms. The van der Waals surface area contributed by atoms with Gasteiger partial charge in [0.1, 0.15) is 0 Å². The average Bonchev–Trinajstić information content (AvgIpc) is 3.28. The van der Waals surface area contributed by atoms with Crippen LogP contribution in [0.5, 0.6) is 0 Å². The minimum atomic E-state index is 0.654. The largest absolute Gasteiger partial charge is 0.338 e. The molecule has 5 rings (SSSR count). The predicted octanol–water partition coefficient (Wildman–Crippen LogP) is 3.94. The van der Waals surface area contributed by atoms with E-state index in [0.29, 0.717) is 6.04 Å².